The monoisotopic (exact) mass is 537 g/mol. The van der Waals surface area contributed by atoms with E-state index in [-0.39, 0.29) is 24.0 Å². The standard InChI is InChI=1S/C17H21BrClN5.HI/c1-20-17(21-8-12-3-4-15(18)7-16(12)19)24-6-5-13(11-24)14-9-22-23(2)10-14;/h3-4,7,9-10,13H,5-6,8,11H2,1-2H3,(H,20,21);1H. The number of guanidine groups is 1. The Morgan fingerprint density at radius 2 is 2.28 bits per heavy atom. The third-order valence-electron chi connectivity index (χ3n) is 4.35. The molecule has 0 aliphatic carbocycles. The van der Waals surface area contributed by atoms with E-state index in [1.54, 1.807) is 0 Å². The van der Waals surface area contributed by atoms with Gasteiger partial charge in [-0.25, -0.2) is 0 Å². The van der Waals surface area contributed by atoms with Crippen molar-refractivity contribution in [3.8, 4) is 0 Å². The van der Waals surface area contributed by atoms with Gasteiger partial charge in [-0.1, -0.05) is 33.6 Å². The predicted molar refractivity (Wildman–Crippen MR) is 117 cm³/mol. The molecule has 2 aromatic rings. The molecular formula is C17H22BrClIN5. The molecule has 0 amide bonds. The molecule has 3 rings (SSSR count). The van der Waals surface area contributed by atoms with Gasteiger partial charge in [-0.2, -0.15) is 5.10 Å². The Labute approximate surface area is 179 Å². The molecule has 1 aromatic heterocycles. The van der Waals surface area contributed by atoms with Gasteiger partial charge in [0.2, 0.25) is 0 Å². The first-order chi connectivity index (χ1) is 11.6. The van der Waals surface area contributed by atoms with Crippen molar-refractivity contribution in [2.75, 3.05) is 20.1 Å². The van der Waals surface area contributed by atoms with Crippen LogP contribution in [0.3, 0.4) is 0 Å². The summed E-state index contributed by atoms with van der Waals surface area (Å²) in [4.78, 5) is 6.72. The zero-order chi connectivity index (χ0) is 17.1. The zero-order valence-corrected chi connectivity index (χ0v) is 18.9. The van der Waals surface area contributed by atoms with Crippen molar-refractivity contribution in [3.63, 3.8) is 0 Å². The summed E-state index contributed by atoms with van der Waals surface area (Å²) in [5.41, 5.74) is 2.36. The average molecular weight is 539 g/mol. The Hall–Kier alpha value is -0.800. The maximum Gasteiger partial charge on any atom is 0.193 e. The third kappa shape index (κ3) is 5.10. The smallest absolute Gasteiger partial charge is 0.193 e. The lowest BCUT2D eigenvalue weighted by atomic mass is 10.0. The molecule has 1 unspecified atom stereocenters. The van der Waals surface area contributed by atoms with Crippen LogP contribution in [0.5, 0.6) is 0 Å². The number of rotatable bonds is 3. The quantitative estimate of drug-likeness (QED) is 0.365. The van der Waals surface area contributed by atoms with Gasteiger partial charge in [-0.3, -0.25) is 9.67 Å². The SMILES string of the molecule is CN=C(NCc1ccc(Br)cc1Cl)N1CCC(c2cnn(C)c2)C1.I. The number of hydrogen-bond acceptors (Lipinski definition) is 2. The van der Waals surface area contributed by atoms with Gasteiger partial charge in [-0.05, 0) is 29.7 Å². The Bertz CT molecular complexity index is 748. The molecule has 0 saturated carbocycles. The zero-order valence-electron chi connectivity index (χ0n) is 14.2. The highest BCUT2D eigenvalue weighted by Crippen LogP contribution is 2.27. The van der Waals surface area contributed by atoms with E-state index in [1.807, 2.05) is 43.2 Å². The van der Waals surface area contributed by atoms with E-state index < -0.39 is 0 Å². The second-order valence-corrected chi connectivity index (χ2v) is 7.34. The third-order valence-corrected chi connectivity index (χ3v) is 5.19. The lowest BCUT2D eigenvalue weighted by Crippen LogP contribution is -2.39. The van der Waals surface area contributed by atoms with E-state index in [0.717, 1.165) is 40.5 Å². The van der Waals surface area contributed by atoms with Crippen molar-refractivity contribution in [3.05, 3.63) is 51.2 Å². The second kappa shape index (κ2) is 9.23. The fourth-order valence-corrected chi connectivity index (χ4v) is 3.79. The molecule has 1 aliphatic rings. The highest BCUT2D eigenvalue weighted by atomic mass is 127. The van der Waals surface area contributed by atoms with Gasteiger partial charge in [0, 0.05) is 55.3 Å². The van der Waals surface area contributed by atoms with E-state index in [1.165, 1.54) is 5.56 Å². The minimum Gasteiger partial charge on any atom is -0.352 e. The summed E-state index contributed by atoms with van der Waals surface area (Å²) in [5, 5.41) is 8.45. The first kappa shape index (κ1) is 20.5. The molecule has 1 saturated heterocycles. The van der Waals surface area contributed by atoms with Crippen LogP contribution < -0.4 is 5.32 Å². The Morgan fingerprint density at radius 1 is 1.48 bits per heavy atom. The van der Waals surface area contributed by atoms with E-state index >= 15 is 0 Å². The normalized spacial score (nSPS) is 17.5. The lowest BCUT2D eigenvalue weighted by Gasteiger charge is -2.22. The van der Waals surface area contributed by atoms with Crippen LogP contribution in [0.1, 0.15) is 23.5 Å². The summed E-state index contributed by atoms with van der Waals surface area (Å²) >= 11 is 9.72. The molecular weight excluding hydrogens is 516 g/mol. The van der Waals surface area contributed by atoms with Gasteiger partial charge in [0.25, 0.3) is 0 Å². The maximum atomic E-state index is 6.29. The molecule has 1 aromatic carbocycles. The van der Waals surface area contributed by atoms with Gasteiger partial charge in [-0.15, -0.1) is 24.0 Å². The van der Waals surface area contributed by atoms with Crippen LogP contribution in [0.2, 0.25) is 5.02 Å². The molecule has 0 spiro atoms. The molecule has 1 N–H and O–H groups in total. The number of nitrogens with one attached hydrogen (secondary N) is 1. The van der Waals surface area contributed by atoms with Gasteiger partial charge < -0.3 is 10.2 Å². The van der Waals surface area contributed by atoms with E-state index in [9.17, 15) is 0 Å². The second-order valence-electron chi connectivity index (χ2n) is 6.02. The molecule has 5 nitrogen and oxygen atoms in total. The summed E-state index contributed by atoms with van der Waals surface area (Å²) in [6.45, 7) is 2.61. The van der Waals surface area contributed by atoms with Gasteiger partial charge in [0.15, 0.2) is 5.96 Å². The van der Waals surface area contributed by atoms with Crippen molar-refractivity contribution in [1.82, 2.24) is 20.0 Å². The number of nitrogens with zero attached hydrogens (tertiary/aromatic N) is 4. The van der Waals surface area contributed by atoms with Crippen LogP contribution in [0.4, 0.5) is 0 Å². The molecule has 0 bridgehead atoms. The fraction of sp³-hybridized carbons (Fsp3) is 0.412. The topological polar surface area (TPSA) is 45.5 Å². The number of halogens is 3. The van der Waals surface area contributed by atoms with Crippen LogP contribution in [0, 0.1) is 0 Å². The molecule has 1 aliphatic heterocycles. The molecule has 0 radical (unpaired) electrons. The van der Waals surface area contributed by atoms with Crippen molar-refractivity contribution in [1.29, 1.82) is 0 Å². The Kier molecular flexibility index (Phi) is 7.57. The predicted octanol–water partition coefficient (Wildman–Crippen LogP) is 4.02. The van der Waals surface area contributed by atoms with Crippen LogP contribution in [-0.4, -0.2) is 40.8 Å². The van der Waals surface area contributed by atoms with Crippen molar-refractivity contribution >= 4 is 57.5 Å². The van der Waals surface area contributed by atoms with E-state index in [0.29, 0.717) is 12.5 Å². The number of aryl methyl sites for hydroxylation is 1. The minimum absolute atomic E-state index is 0. The number of hydrogen-bond donors (Lipinski definition) is 1. The van der Waals surface area contributed by atoms with Gasteiger partial charge in [0.05, 0.1) is 6.20 Å². The van der Waals surface area contributed by atoms with Crippen molar-refractivity contribution < 1.29 is 0 Å². The first-order valence-corrected chi connectivity index (χ1v) is 9.12. The first-order valence-electron chi connectivity index (χ1n) is 7.95. The van der Waals surface area contributed by atoms with E-state index in [4.69, 9.17) is 11.6 Å². The van der Waals surface area contributed by atoms with Crippen LogP contribution in [0.15, 0.2) is 40.1 Å². The van der Waals surface area contributed by atoms with E-state index in [2.05, 4.69) is 42.4 Å². The lowest BCUT2D eigenvalue weighted by molar-refractivity contribution is 0.486. The molecule has 25 heavy (non-hydrogen) atoms. The number of aliphatic imine (C=N–C) groups is 1. The summed E-state index contributed by atoms with van der Waals surface area (Å²) < 4.78 is 2.85. The largest absolute Gasteiger partial charge is 0.352 e. The highest BCUT2D eigenvalue weighted by molar-refractivity contribution is 14.0. The van der Waals surface area contributed by atoms with Crippen LogP contribution >= 0.6 is 51.5 Å². The summed E-state index contributed by atoms with van der Waals surface area (Å²) in [6, 6.07) is 5.94. The molecule has 2 heterocycles. The molecule has 136 valence electrons. The van der Waals surface area contributed by atoms with Gasteiger partial charge in [0.1, 0.15) is 0 Å². The number of benzene rings is 1. The molecule has 1 fully saturated rings. The van der Waals surface area contributed by atoms with Gasteiger partial charge >= 0.3 is 0 Å². The van der Waals surface area contributed by atoms with Crippen molar-refractivity contribution in [2.24, 2.45) is 12.0 Å². The maximum absolute atomic E-state index is 6.29. The molecule has 8 heteroatoms. The minimum atomic E-state index is 0. The highest BCUT2D eigenvalue weighted by Gasteiger charge is 2.26. The van der Waals surface area contributed by atoms with Crippen molar-refractivity contribution in [2.45, 2.75) is 18.9 Å². The fourth-order valence-electron chi connectivity index (χ4n) is 3.05. The van der Waals surface area contributed by atoms with Crippen LogP contribution in [-0.2, 0) is 13.6 Å². The summed E-state index contributed by atoms with van der Waals surface area (Å²) in [5.74, 6) is 1.42. The average Bonchev–Trinajstić information content (AvgIpc) is 3.19. The Balaban J connectivity index is 0.00000225. The number of aromatic nitrogens is 2. The Morgan fingerprint density at radius 3 is 2.92 bits per heavy atom. The van der Waals surface area contributed by atoms with Crippen LogP contribution in [0.25, 0.3) is 0 Å². The summed E-state index contributed by atoms with van der Waals surface area (Å²) in [7, 11) is 3.78. The molecule has 1 atom stereocenters. The summed E-state index contributed by atoms with van der Waals surface area (Å²) in [6.07, 6.45) is 5.18. The number of likely N-dealkylation sites (tertiary alicyclic amines) is 1.